The van der Waals surface area contributed by atoms with E-state index in [-0.39, 0.29) is 4.90 Å². The van der Waals surface area contributed by atoms with Crippen molar-refractivity contribution in [3.05, 3.63) is 18.5 Å². The molecular formula is C12H19BN2O4S. The van der Waals surface area contributed by atoms with E-state index in [0.29, 0.717) is 5.46 Å². The molecule has 1 aliphatic rings. The van der Waals surface area contributed by atoms with Gasteiger partial charge in [-0.15, -0.1) is 0 Å². The molecule has 0 spiro atoms. The summed E-state index contributed by atoms with van der Waals surface area (Å²) in [4.78, 5) is 4.05. The topological polar surface area (TPSA) is 77.5 Å². The Bertz CT molecular complexity index is 600. The molecule has 0 saturated carbocycles. The van der Waals surface area contributed by atoms with E-state index in [1.807, 2.05) is 27.7 Å². The van der Waals surface area contributed by atoms with Crippen LogP contribution >= 0.6 is 0 Å². The zero-order valence-corrected chi connectivity index (χ0v) is 13.1. The van der Waals surface area contributed by atoms with Gasteiger partial charge in [0.1, 0.15) is 0 Å². The van der Waals surface area contributed by atoms with Crippen molar-refractivity contribution in [3.8, 4) is 0 Å². The smallest absolute Gasteiger partial charge is 0.399 e. The summed E-state index contributed by atoms with van der Waals surface area (Å²) in [5, 5.41) is 0. The lowest BCUT2D eigenvalue weighted by atomic mass is 9.80. The number of nitrogens with one attached hydrogen (secondary N) is 1. The van der Waals surface area contributed by atoms with Crippen LogP contribution in [0.4, 0.5) is 0 Å². The van der Waals surface area contributed by atoms with Crippen molar-refractivity contribution in [2.45, 2.75) is 43.8 Å². The summed E-state index contributed by atoms with van der Waals surface area (Å²) in [5.74, 6) is 0. The van der Waals surface area contributed by atoms with E-state index in [9.17, 15) is 8.42 Å². The molecule has 1 saturated heterocycles. The Labute approximate surface area is 120 Å². The fourth-order valence-corrected chi connectivity index (χ4v) is 2.54. The summed E-state index contributed by atoms with van der Waals surface area (Å²) in [6, 6.07) is 1.51. The fourth-order valence-electron chi connectivity index (χ4n) is 1.81. The highest BCUT2D eigenvalue weighted by molar-refractivity contribution is 7.89. The van der Waals surface area contributed by atoms with Gasteiger partial charge >= 0.3 is 7.12 Å². The number of pyridine rings is 1. The van der Waals surface area contributed by atoms with E-state index in [2.05, 4.69) is 9.71 Å². The molecule has 0 atom stereocenters. The Hall–Kier alpha value is -0.955. The molecular weight excluding hydrogens is 279 g/mol. The number of nitrogens with zero attached hydrogens (tertiary/aromatic N) is 1. The molecule has 0 aliphatic carbocycles. The van der Waals surface area contributed by atoms with Crippen molar-refractivity contribution in [3.63, 3.8) is 0 Å². The van der Waals surface area contributed by atoms with E-state index in [0.717, 1.165) is 0 Å². The SMILES string of the molecule is CNS(=O)(=O)c1cncc(B2OC(C)(C)C(C)(C)O2)c1. The average Bonchev–Trinajstić information content (AvgIpc) is 2.59. The van der Waals surface area contributed by atoms with Crippen LogP contribution in [0.2, 0.25) is 0 Å². The minimum absolute atomic E-state index is 0.0900. The first-order valence-corrected chi connectivity index (χ1v) is 7.81. The summed E-state index contributed by atoms with van der Waals surface area (Å²) < 4.78 is 37.6. The van der Waals surface area contributed by atoms with Gasteiger partial charge in [-0.1, -0.05) is 0 Å². The second-order valence-corrected chi connectivity index (χ2v) is 7.64. The minimum atomic E-state index is -3.53. The van der Waals surface area contributed by atoms with Crippen LogP contribution in [-0.2, 0) is 19.3 Å². The Morgan fingerprint density at radius 2 is 1.70 bits per heavy atom. The van der Waals surface area contributed by atoms with Gasteiger partial charge in [-0.3, -0.25) is 4.98 Å². The Morgan fingerprint density at radius 3 is 2.20 bits per heavy atom. The number of hydrogen-bond donors (Lipinski definition) is 1. The second kappa shape index (κ2) is 4.80. The van der Waals surface area contributed by atoms with Crippen molar-refractivity contribution >= 4 is 22.6 Å². The third-order valence-electron chi connectivity index (χ3n) is 3.84. The molecule has 6 nitrogen and oxygen atoms in total. The van der Waals surface area contributed by atoms with Gasteiger partial charge in [0.05, 0.1) is 16.1 Å². The van der Waals surface area contributed by atoms with Gasteiger partial charge in [0, 0.05) is 17.9 Å². The number of hydrogen-bond acceptors (Lipinski definition) is 5. The zero-order chi connectivity index (χ0) is 15.2. The highest BCUT2D eigenvalue weighted by atomic mass is 32.2. The molecule has 1 aromatic heterocycles. The van der Waals surface area contributed by atoms with Crippen molar-refractivity contribution < 1.29 is 17.7 Å². The maximum absolute atomic E-state index is 11.8. The quantitative estimate of drug-likeness (QED) is 0.812. The van der Waals surface area contributed by atoms with Crippen LogP contribution in [0, 0.1) is 0 Å². The van der Waals surface area contributed by atoms with E-state index in [4.69, 9.17) is 9.31 Å². The van der Waals surface area contributed by atoms with Crippen molar-refractivity contribution in [2.75, 3.05) is 7.05 Å². The maximum Gasteiger partial charge on any atom is 0.496 e. The summed E-state index contributed by atoms with van der Waals surface area (Å²) in [6.07, 6.45) is 2.84. The lowest BCUT2D eigenvalue weighted by Crippen LogP contribution is -2.41. The van der Waals surface area contributed by atoms with Crippen LogP contribution in [0.25, 0.3) is 0 Å². The molecule has 2 heterocycles. The van der Waals surface area contributed by atoms with Gasteiger partial charge < -0.3 is 9.31 Å². The Morgan fingerprint density at radius 1 is 1.15 bits per heavy atom. The summed E-state index contributed by atoms with van der Waals surface area (Å²) in [7, 11) is -2.80. The molecule has 0 radical (unpaired) electrons. The molecule has 1 aromatic rings. The van der Waals surface area contributed by atoms with E-state index in [1.165, 1.54) is 19.3 Å². The van der Waals surface area contributed by atoms with Crippen molar-refractivity contribution in [2.24, 2.45) is 0 Å². The third-order valence-corrected chi connectivity index (χ3v) is 5.22. The van der Waals surface area contributed by atoms with Crippen LogP contribution in [-0.4, -0.2) is 38.8 Å². The first-order valence-electron chi connectivity index (χ1n) is 6.33. The van der Waals surface area contributed by atoms with Gasteiger partial charge in [0.25, 0.3) is 0 Å². The van der Waals surface area contributed by atoms with E-state index < -0.39 is 28.3 Å². The van der Waals surface area contributed by atoms with Gasteiger partial charge in [0.15, 0.2) is 0 Å². The van der Waals surface area contributed by atoms with Crippen molar-refractivity contribution in [1.82, 2.24) is 9.71 Å². The van der Waals surface area contributed by atoms with Gasteiger partial charge in [-0.25, -0.2) is 13.1 Å². The minimum Gasteiger partial charge on any atom is -0.399 e. The zero-order valence-electron chi connectivity index (χ0n) is 12.3. The molecule has 0 bridgehead atoms. The highest BCUT2D eigenvalue weighted by Crippen LogP contribution is 2.36. The first-order chi connectivity index (χ1) is 9.09. The van der Waals surface area contributed by atoms with E-state index in [1.54, 1.807) is 6.20 Å². The lowest BCUT2D eigenvalue weighted by molar-refractivity contribution is 0.00578. The molecule has 1 fully saturated rings. The fraction of sp³-hybridized carbons (Fsp3) is 0.583. The molecule has 110 valence electrons. The van der Waals surface area contributed by atoms with Crippen LogP contribution in [0.15, 0.2) is 23.4 Å². The van der Waals surface area contributed by atoms with Crippen molar-refractivity contribution in [1.29, 1.82) is 0 Å². The average molecular weight is 298 g/mol. The first kappa shape index (κ1) is 15.4. The monoisotopic (exact) mass is 298 g/mol. The number of sulfonamides is 1. The Kier molecular flexibility index (Phi) is 3.70. The van der Waals surface area contributed by atoms with Gasteiger partial charge in [0.2, 0.25) is 10.0 Å². The molecule has 8 heteroatoms. The number of aromatic nitrogens is 1. The molecule has 1 aliphatic heterocycles. The normalized spacial score (nSPS) is 21.1. The van der Waals surface area contributed by atoms with Gasteiger partial charge in [-0.05, 0) is 40.8 Å². The second-order valence-electron chi connectivity index (χ2n) is 5.75. The molecule has 0 aromatic carbocycles. The summed E-state index contributed by atoms with van der Waals surface area (Å²) in [5.41, 5.74) is -0.370. The predicted octanol–water partition coefficient (Wildman–Crippen LogP) is 0.289. The van der Waals surface area contributed by atoms with Crippen LogP contribution < -0.4 is 10.2 Å². The predicted molar refractivity (Wildman–Crippen MR) is 76.2 cm³/mol. The molecule has 20 heavy (non-hydrogen) atoms. The molecule has 1 N–H and O–H groups in total. The summed E-state index contributed by atoms with van der Waals surface area (Å²) in [6.45, 7) is 7.76. The van der Waals surface area contributed by atoms with Crippen LogP contribution in [0.1, 0.15) is 27.7 Å². The maximum atomic E-state index is 11.8. The molecule has 0 amide bonds. The largest absolute Gasteiger partial charge is 0.496 e. The van der Waals surface area contributed by atoms with Crippen LogP contribution in [0.3, 0.4) is 0 Å². The highest BCUT2D eigenvalue weighted by Gasteiger charge is 2.51. The summed E-state index contributed by atoms with van der Waals surface area (Å²) >= 11 is 0. The Balaban J connectivity index is 2.35. The third kappa shape index (κ3) is 2.60. The molecule has 2 rings (SSSR count). The standard InChI is InChI=1S/C12H19BN2O4S/c1-11(2)12(3,4)19-13(18-11)9-6-10(8-15-7-9)20(16,17)14-5/h6-8,14H,1-5H3. The van der Waals surface area contributed by atoms with Gasteiger partial charge in [-0.2, -0.15) is 0 Å². The molecule has 0 unspecified atom stereocenters. The number of rotatable bonds is 3. The van der Waals surface area contributed by atoms with E-state index >= 15 is 0 Å². The van der Waals surface area contributed by atoms with Crippen LogP contribution in [0.5, 0.6) is 0 Å². The lowest BCUT2D eigenvalue weighted by Gasteiger charge is -2.32.